The Bertz CT molecular complexity index is 264. The van der Waals surface area contributed by atoms with Gasteiger partial charge in [-0.3, -0.25) is 4.79 Å². The summed E-state index contributed by atoms with van der Waals surface area (Å²) >= 11 is 0. The van der Waals surface area contributed by atoms with Crippen LogP contribution in [0.25, 0.3) is 0 Å². The van der Waals surface area contributed by atoms with E-state index in [9.17, 15) is 4.79 Å². The molecule has 0 bridgehead atoms. The Labute approximate surface area is 104 Å². The molecular formula is C13H24N2O2. The molecule has 2 aliphatic rings. The first-order valence-corrected chi connectivity index (χ1v) is 6.78. The molecule has 2 rings (SSSR count). The maximum atomic E-state index is 12.2. The van der Waals surface area contributed by atoms with Crippen molar-refractivity contribution in [3.8, 4) is 0 Å². The first-order chi connectivity index (χ1) is 8.18. The first-order valence-electron chi connectivity index (χ1n) is 6.78. The summed E-state index contributed by atoms with van der Waals surface area (Å²) in [6.45, 7) is 4.70. The van der Waals surface area contributed by atoms with E-state index in [0.717, 1.165) is 39.0 Å². The topological polar surface area (TPSA) is 41.6 Å². The number of nitrogens with zero attached hydrogens (tertiary/aromatic N) is 1. The van der Waals surface area contributed by atoms with Crippen molar-refractivity contribution in [3.05, 3.63) is 0 Å². The molecule has 4 heteroatoms. The van der Waals surface area contributed by atoms with Crippen LogP contribution in [0, 0.1) is 5.92 Å². The van der Waals surface area contributed by atoms with Crippen molar-refractivity contribution in [1.82, 2.24) is 10.2 Å². The van der Waals surface area contributed by atoms with E-state index in [2.05, 4.69) is 12.2 Å². The summed E-state index contributed by atoms with van der Waals surface area (Å²) in [4.78, 5) is 14.1. The molecule has 0 spiro atoms. The summed E-state index contributed by atoms with van der Waals surface area (Å²) in [5.74, 6) is 0.682. The average molecular weight is 240 g/mol. The Kier molecular flexibility index (Phi) is 4.40. The van der Waals surface area contributed by atoms with Gasteiger partial charge in [0.1, 0.15) is 0 Å². The van der Waals surface area contributed by atoms with Gasteiger partial charge in [-0.15, -0.1) is 0 Å². The van der Waals surface area contributed by atoms with E-state index in [1.165, 1.54) is 6.42 Å². The molecule has 1 N–H and O–H groups in total. The van der Waals surface area contributed by atoms with Gasteiger partial charge in [-0.1, -0.05) is 6.92 Å². The van der Waals surface area contributed by atoms with Crippen LogP contribution < -0.4 is 5.32 Å². The van der Waals surface area contributed by atoms with Crippen molar-refractivity contribution < 1.29 is 9.53 Å². The summed E-state index contributed by atoms with van der Waals surface area (Å²) < 4.78 is 5.67. The standard InChI is InChI=1S/C13H24N2O2/c1-10-6-7-14-12(10)13(16)15(2)9-11-5-3-4-8-17-11/h10-12,14H,3-9H2,1-2H3. The second kappa shape index (κ2) is 5.83. The van der Waals surface area contributed by atoms with Gasteiger partial charge in [-0.05, 0) is 38.1 Å². The zero-order valence-electron chi connectivity index (χ0n) is 10.9. The molecule has 0 aromatic rings. The lowest BCUT2D eigenvalue weighted by Crippen LogP contribution is -2.47. The summed E-state index contributed by atoms with van der Waals surface area (Å²) in [6.07, 6.45) is 4.82. The van der Waals surface area contributed by atoms with Crippen molar-refractivity contribution >= 4 is 5.91 Å². The Morgan fingerprint density at radius 2 is 2.24 bits per heavy atom. The van der Waals surface area contributed by atoms with Gasteiger partial charge in [0, 0.05) is 20.2 Å². The van der Waals surface area contributed by atoms with Gasteiger partial charge in [-0.25, -0.2) is 0 Å². The molecule has 2 fully saturated rings. The summed E-state index contributed by atoms with van der Waals surface area (Å²) in [5, 5.41) is 3.29. The lowest BCUT2D eigenvalue weighted by atomic mass is 10.0. The van der Waals surface area contributed by atoms with Crippen LogP contribution in [0.15, 0.2) is 0 Å². The van der Waals surface area contributed by atoms with Crippen LogP contribution in [0.1, 0.15) is 32.6 Å². The third kappa shape index (κ3) is 3.19. The van der Waals surface area contributed by atoms with E-state index in [4.69, 9.17) is 4.74 Å². The smallest absolute Gasteiger partial charge is 0.239 e. The Balaban J connectivity index is 1.81. The second-order valence-electron chi connectivity index (χ2n) is 5.41. The molecule has 2 saturated heterocycles. The zero-order chi connectivity index (χ0) is 12.3. The highest BCUT2D eigenvalue weighted by Gasteiger charge is 2.32. The zero-order valence-corrected chi connectivity index (χ0v) is 10.9. The number of hydrogen-bond donors (Lipinski definition) is 1. The third-order valence-electron chi connectivity index (χ3n) is 3.93. The molecule has 0 aromatic carbocycles. The highest BCUT2D eigenvalue weighted by molar-refractivity contribution is 5.82. The van der Waals surface area contributed by atoms with Crippen molar-refractivity contribution in [3.63, 3.8) is 0 Å². The second-order valence-corrected chi connectivity index (χ2v) is 5.41. The molecule has 4 nitrogen and oxygen atoms in total. The van der Waals surface area contributed by atoms with E-state index < -0.39 is 0 Å². The molecule has 98 valence electrons. The first kappa shape index (κ1) is 12.8. The van der Waals surface area contributed by atoms with Crippen molar-refractivity contribution in [2.24, 2.45) is 5.92 Å². The van der Waals surface area contributed by atoms with Crippen LogP contribution in [0.2, 0.25) is 0 Å². The number of ether oxygens (including phenoxy) is 1. The third-order valence-corrected chi connectivity index (χ3v) is 3.93. The Morgan fingerprint density at radius 1 is 1.41 bits per heavy atom. The molecule has 2 aliphatic heterocycles. The van der Waals surface area contributed by atoms with Crippen LogP contribution >= 0.6 is 0 Å². The lowest BCUT2D eigenvalue weighted by Gasteiger charge is -2.29. The monoisotopic (exact) mass is 240 g/mol. The maximum absolute atomic E-state index is 12.2. The van der Waals surface area contributed by atoms with E-state index >= 15 is 0 Å². The van der Waals surface area contributed by atoms with Crippen molar-refractivity contribution in [2.75, 3.05) is 26.7 Å². The predicted molar refractivity (Wildman–Crippen MR) is 66.8 cm³/mol. The number of rotatable bonds is 3. The Hall–Kier alpha value is -0.610. The van der Waals surface area contributed by atoms with Gasteiger partial charge < -0.3 is 15.0 Å². The fourth-order valence-electron chi connectivity index (χ4n) is 2.75. The SMILES string of the molecule is CC1CCNC1C(=O)N(C)CC1CCCCO1. The fraction of sp³-hybridized carbons (Fsp3) is 0.923. The summed E-state index contributed by atoms with van der Waals surface area (Å²) in [5.41, 5.74) is 0. The maximum Gasteiger partial charge on any atom is 0.239 e. The molecule has 2 heterocycles. The minimum atomic E-state index is 0.0172. The highest BCUT2D eigenvalue weighted by Crippen LogP contribution is 2.18. The molecule has 0 radical (unpaired) electrons. The largest absolute Gasteiger partial charge is 0.376 e. The van der Waals surface area contributed by atoms with Crippen LogP contribution in [0.4, 0.5) is 0 Å². The van der Waals surface area contributed by atoms with Gasteiger partial charge in [0.05, 0.1) is 12.1 Å². The van der Waals surface area contributed by atoms with E-state index in [-0.39, 0.29) is 18.1 Å². The van der Waals surface area contributed by atoms with Gasteiger partial charge in [0.25, 0.3) is 0 Å². The summed E-state index contributed by atoms with van der Waals surface area (Å²) in [7, 11) is 1.90. The van der Waals surface area contributed by atoms with Crippen LogP contribution in [-0.2, 0) is 9.53 Å². The van der Waals surface area contributed by atoms with E-state index in [1.54, 1.807) is 0 Å². The van der Waals surface area contributed by atoms with Crippen LogP contribution in [-0.4, -0.2) is 49.7 Å². The van der Waals surface area contributed by atoms with Gasteiger partial charge >= 0.3 is 0 Å². The Morgan fingerprint density at radius 3 is 2.82 bits per heavy atom. The number of likely N-dealkylation sites (N-methyl/N-ethyl adjacent to an activating group) is 1. The number of hydrogen-bond acceptors (Lipinski definition) is 3. The molecule has 1 amide bonds. The highest BCUT2D eigenvalue weighted by atomic mass is 16.5. The number of carbonyl (C=O) groups is 1. The molecule has 0 saturated carbocycles. The van der Waals surface area contributed by atoms with Crippen molar-refractivity contribution in [1.29, 1.82) is 0 Å². The van der Waals surface area contributed by atoms with Gasteiger partial charge in [0.2, 0.25) is 5.91 Å². The van der Waals surface area contributed by atoms with Crippen LogP contribution in [0.3, 0.4) is 0 Å². The lowest BCUT2D eigenvalue weighted by molar-refractivity contribution is -0.135. The predicted octanol–water partition coefficient (Wildman–Crippen LogP) is 1.01. The quantitative estimate of drug-likeness (QED) is 0.800. The summed E-state index contributed by atoms with van der Waals surface area (Å²) in [6, 6.07) is 0.0172. The van der Waals surface area contributed by atoms with E-state index in [0.29, 0.717) is 5.92 Å². The molecular weight excluding hydrogens is 216 g/mol. The average Bonchev–Trinajstić information content (AvgIpc) is 2.76. The molecule has 17 heavy (non-hydrogen) atoms. The molecule has 3 atom stereocenters. The minimum Gasteiger partial charge on any atom is -0.376 e. The van der Waals surface area contributed by atoms with Gasteiger partial charge in [0.15, 0.2) is 0 Å². The van der Waals surface area contributed by atoms with Crippen molar-refractivity contribution in [2.45, 2.75) is 44.8 Å². The van der Waals surface area contributed by atoms with Gasteiger partial charge in [-0.2, -0.15) is 0 Å². The normalized spacial score (nSPS) is 33.6. The fourth-order valence-corrected chi connectivity index (χ4v) is 2.75. The molecule has 3 unspecified atom stereocenters. The van der Waals surface area contributed by atoms with Crippen LogP contribution in [0.5, 0.6) is 0 Å². The minimum absolute atomic E-state index is 0.0172. The number of amides is 1. The molecule has 0 aromatic heterocycles. The number of nitrogens with one attached hydrogen (secondary N) is 1. The number of carbonyl (C=O) groups excluding carboxylic acids is 1. The molecule has 0 aliphatic carbocycles. The van der Waals surface area contributed by atoms with E-state index in [1.807, 2.05) is 11.9 Å².